The van der Waals surface area contributed by atoms with Crippen molar-refractivity contribution >= 4 is 0 Å². The van der Waals surface area contributed by atoms with E-state index >= 15 is 0 Å². The predicted octanol–water partition coefficient (Wildman–Crippen LogP) is 2.50. The van der Waals surface area contributed by atoms with Gasteiger partial charge in [0.1, 0.15) is 6.10 Å². The Morgan fingerprint density at radius 1 is 1.60 bits per heavy atom. The lowest BCUT2D eigenvalue weighted by atomic mass is 9.88. The number of ether oxygens (including phenoxy) is 1. The molecule has 10 heavy (non-hydrogen) atoms. The molecule has 2 unspecified atom stereocenters. The van der Waals surface area contributed by atoms with Gasteiger partial charge < -0.3 is 4.74 Å². The smallest absolute Gasteiger partial charge is 0.122 e. The van der Waals surface area contributed by atoms with Crippen molar-refractivity contribution in [1.29, 1.82) is 0 Å². The molecule has 1 aliphatic carbocycles. The highest BCUT2D eigenvalue weighted by Gasteiger charge is 2.23. The Labute approximate surface area is 62.4 Å². The van der Waals surface area contributed by atoms with Crippen LogP contribution in [0.15, 0.2) is 25.0 Å². The van der Waals surface area contributed by atoms with Crippen LogP contribution in [0.4, 0.5) is 0 Å². The van der Waals surface area contributed by atoms with Gasteiger partial charge in [0.15, 0.2) is 0 Å². The molecule has 0 radical (unpaired) electrons. The maximum absolute atomic E-state index is 5.22. The van der Waals surface area contributed by atoms with Gasteiger partial charge >= 0.3 is 0 Å². The van der Waals surface area contributed by atoms with E-state index in [1.165, 1.54) is 19.1 Å². The molecule has 0 amide bonds. The van der Waals surface area contributed by atoms with Gasteiger partial charge in [-0.2, -0.15) is 0 Å². The van der Waals surface area contributed by atoms with E-state index in [9.17, 15) is 0 Å². The number of hydrogen-bond donors (Lipinski definition) is 0. The van der Waals surface area contributed by atoms with Crippen LogP contribution >= 0.6 is 0 Å². The second-order valence-corrected chi connectivity index (χ2v) is 2.60. The van der Waals surface area contributed by atoms with Gasteiger partial charge in [0.2, 0.25) is 0 Å². The average molecular weight is 138 g/mol. The van der Waals surface area contributed by atoms with E-state index in [-0.39, 0.29) is 0 Å². The summed E-state index contributed by atoms with van der Waals surface area (Å²) in [5.74, 6) is 0.642. The van der Waals surface area contributed by atoms with Crippen LogP contribution in [-0.2, 0) is 4.74 Å². The third-order valence-electron chi connectivity index (χ3n) is 1.85. The van der Waals surface area contributed by atoms with Crippen LogP contribution in [0.25, 0.3) is 0 Å². The molecule has 1 heteroatoms. The zero-order valence-electron chi connectivity index (χ0n) is 6.42. The number of rotatable bonds is 4. The second kappa shape index (κ2) is 3.45. The lowest BCUT2D eigenvalue weighted by Crippen LogP contribution is -2.25. The lowest BCUT2D eigenvalue weighted by molar-refractivity contribution is 0.123. The first-order valence-corrected chi connectivity index (χ1v) is 3.83. The van der Waals surface area contributed by atoms with Gasteiger partial charge in [0, 0.05) is 5.92 Å². The summed E-state index contributed by atoms with van der Waals surface area (Å²) in [4.78, 5) is 0. The Hall–Kier alpha value is -0.720. The number of hydrogen-bond acceptors (Lipinski definition) is 1. The molecule has 0 spiro atoms. The summed E-state index contributed by atoms with van der Waals surface area (Å²) in [6.07, 6.45) is 8.59. The van der Waals surface area contributed by atoms with Crippen molar-refractivity contribution in [2.75, 3.05) is 0 Å². The molecule has 0 saturated carbocycles. The van der Waals surface area contributed by atoms with Gasteiger partial charge in [-0.25, -0.2) is 0 Å². The first kappa shape index (κ1) is 7.39. The quantitative estimate of drug-likeness (QED) is 0.428. The molecule has 2 atom stereocenters. The van der Waals surface area contributed by atoms with Crippen LogP contribution in [0.5, 0.6) is 0 Å². The second-order valence-electron chi connectivity index (χ2n) is 2.60. The third-order valence-corrected chi connectivity index (χ3v) is 1.85. The maximum Gasteiger partial charge on any atom is 0.122 e. The van der Waals surface area contributed by atoms with Crippen LogP contribution in [0.1, 0.15) is 19.8 Å². The molecule has 1 aliphatic rings. The fourth-order valence-electron chi connectivity index (χ4n) is 1.21. The van der Waals surface area contributed by atoms with Crippen LogP contribution in [0.3, 0.4) is 0 Å². The molecule has 0 N–H and O–H groups in total. The van der Waals surface area contributed by atoms with Crippen molar-refractivity contribution in [3.8, 4) is 0 Å². The summed E-state index contributed by atoms with van der Waals surface area (Å²) in [5.41, 5.74) is 0. The third kappa shape index (κ3) is 1.41. The highest BCUT2D eigenvalue weighted by atomic mass is 16.5. The van der Waals surface area contributed by atoms with Crippen LogP contribution in [-0.4, -0.2) is 6.10 Å². The molecular formula is C9H14O. The molecule has 0 saturated heterocycles. The molecule has 0 bridgehead atoms. The molecule has 0 fully saturated rings. The Bertz CT molecular complexity index is 138. The highest BCUT2D eigenvalue weighted by Crippen LogP contribution is 2.25. The Morgan fingerprint density at radius 3 is 2.80 bits per heavy atom. The SMILES string of the molecule is C=COC1C=CC1CCC. The molecule has 1 rings (SSSR count). The minimum absolute atomic E-state index is 0.317. The van der Waals surface area contributed by atoms with E-state index in [1.807, 2.05) is 0 Å². The Kier molecular flexibility index (Phi) is 2.55. The largest absolute Gasteiger partial charge is 0.494 e. The van der Waals surface area contributed by atoms with Crippen molar-refractivity contribution in [1.82, 2.24) is 0 Å². The van der Waals surface area contributed by atoms with Crippen molar-refractivity contribution in [2.45, 2.75) is 25.9 Å². The van der Waals surface area contributed by atoms with Crippen LogP contribution in [0.2, 0.25) is 0 Å². The van der Waals surface area contributed by atoms with Gasteiger partial charge in [-0.1, -0.05) is 26.0 Å². The van der Waals surface area contributed by atoms with Crippen molar-refractivity contribution < 1.29 is 4.74 Å². The summed E-state index contributed by atoms with van der Waals surface area (Å²) in [5, 5.41) is 0. The van der Waals surface area contributed by atoms with Gasteiger partial charge in [0.25, 0.3) is 0 Å². The molecule has 1 nitrogen and oxygen atoms in total. The fraction of sp³-hybridized carbons (Fsp3) is 0.556. The topological polar surface area (TPSA) is 9.23 Å². The van der Waals surface area contributed by atoms with Crippen molar-refractivity contribution in [3.63, 3.8) is 0 Å². The van der Waals surface area contributed by atoms with Crippen LogP contribution in [0, 0.1) is 5.92 Å². The zero-order valence-corrected chi connectivity index (χ0v) is 6.42. The lowest BCUT2D eigenvalue weighted by Gasteiger charge is -2.27. The standard InChI is InChI=1S/C9H14O/c1-3-5-8-6-7-9(8)10-4-2/h4,6-9H,2-3,5H2,1H3. The summed E-state index contributed by atoms with van der Waals surface area (Å²) in [7, 11) is 0. The normalized spacial score (nSPS) is 29.3. The molecular weight excluding hydrogens is 124 g/mol. The first-order chi connectivity index (χ1) is 4.88. The summed E-state index contributed by atoms with van der Waals surface area (Å²) in [6.45, 7) is 5.71. The molecule has 0 aliphatic heterocycles. The van der Waals surface area contributed by atoms with E-state index in [0.717, 1.165) is 0 Å². The van der Waals surface area contributed by atoms with Gasteiger partial charge in [-0.3, -0.25) is 0 Å². The minimum atomic E-state index is 0.317. The zero-order chi connectivity index (χ0) is 7.40. The van der Waals surface area contributed by atoms with E-state index in [4.69, 9.17) is 4.74 Å². The predicted molar refractivity (Wildman–Crippen MR) is 42.6 cm³/mol. The van der Waals surface area contributed by atoms with Crippen molar-refractivity contribution in [3.05, 3.63) is 25.0 Å². The molecule has 0 aromatic carbocycles. The Morgan fingerprint density at radius 2 is 2.40 bits per heavy atom. The highest BCUT2D eigenvalue weighted by molar-refractivity contribution is 5.11. The molecule has 56 valence electrons. The van der Waals surface area contributed by atoms with E-state index < -0.39 is 0 Å². The van der Waals surface area contributed by atoms with E-state index in [1.54, 1.807) is 0 Å². The van der Waals surface area contributed by atoms with E-state index in [2.05, 4.69) is 25.7 Å². The molecule has 0 aromatic heterocycles. The summed E-state index contributed by atoms with van der Waals surface area (Å²) < 4.78 is 5.22. The van der Waals surface area contributed by atoms with Crippen molar-refractivity contribution in [2.24, 2.45) is 5.92 Å². The average Bonchev–Trinajstić information content (AvgIpc) is 1.93. The molecule has 0 heterocycles. The summed E-state index contributed by atoms with van der Waals surface area (Å²) >= 11 is 0. The minimum Gasteiger partial charge on any atom is -0.494 e. The first-order valence-electron chi connectivity index (χ1n) is 3.83. The van der Waals surface area contributed by atoms with Crippen LogP contribution < -0.4 is 0 Å². The maximum atomic E-state index is 5.22. The Balaban J connectivity index is 2.24. The summed E-state index contributed by atoms with van der Waals surface area (Å²) in [6, 6.07) is 0. The fourth-order valence-corrected chi connectivity index (χ4v) is 1.21. The van der Waals surface area contributed by atoms with E-state index in [0.29, 0.717) is 12.0 Å². The van der Waals surface area contributed by atoms with Gasteiger partial charge in [-0.15, -0.1) is 0 Å². The van der Waals surface area contributed by atoms with Gasteiger partial charge in [-0.05, 0) is 12.5 Å². The monoisotopic (exact) mass is 138 g/mol. The molecule has 0 aromatic rings. The van der Waals surface area contributed by atoms with Gasteiger partial charge in [0.05, 0.1) is 6.26 Å².